The van der Waals surface area contributed by atoms with E-state index >= 15 is 0 Å². The summed E-state index contributed by atoms with van der Waals surface area (Å²) in [6.07, 6.45) is 5.09. The summed E-state index contributed by atoms with van der Waals surface area (Å²) in [5.74, 6) is 1.46. The molecule has 1 aliphatic heterocycles. The molecule has 0 spiro atoms. The summed E-state index contributed by atoms with van der Waals surface area (Å²) in [6.45, 7) is 2.28. The maximum Gasteiger partial charge on any atom is 0.170 e. The molecular weight excluding hydrogens is 243 g/mol. The van der Waals surface area contributed by atoms with Crippen molar-refractivity contribution in [3.63, 3.8) is 0 Å². The Kier molecular flexibility index (Phi) is 3.29. The molecule has 0 radical (unpaired) electrons. The molecule has 102 valence electrons. The summed E-state index contributed by atoms with van der Waals surface area (Å²) >= 11 is 0. The van der Waals surface area contributed by atoms with E-state index in [4.69, 9.17) is 4.74 Å². The minimum atomic E-state index is -0.374. The molecule has 1 aromatic rings. The predicted octanol–water partition coefficient (Wildman–Crippen LogP) is 3.99. The van der Waals surface area contributed by atoms with Crippen LogP contribution < -0.4 is 4.74 Å². The topological polar surface area (TPSA) is 26.3 Å². The number of ether oxygens (including phenoxy) is 1. The van der Waals surface area contributed by atoms with Crippen LogP contribution >= 0.6 is 0 Å². The molecule has 1 fully saturated rings. The summed E-state index contributed by atoms with van der Waals surface area (Å²) < 4.78 is 19.1. The lowest BCUT2D eigenvalue weighted by molar-refractivity contribution is 0.0617. The van der Waals surface area contributed by atoms with Gasteiger partial charge in [0.2, 0.25) is 0 Å². The highest BCUT2D eigenvalue weighted by Crippen LogP contribution is 2.37. The first kappa shape index (κ1) is 12.6. The van der Waals surface area contributed by atoms with Crippen LogP contribution in [0.15, 0.2) is 18.2 Å². The number of halogens is 1. The molecule has 0 amide bonds. The molecule has 1 saturated carbocycles. The minimum absolute atomic E-state index is 0.0158. The molecule has 0 N–H and O–H groups in total. The van der Waals surface area contributed by atoms with Crippen molar-refractivity contribution in [2.45, 2.75) is 45.1 Å². The van der Waals surface area contributed by atoms with Crippen LogP contribution in [0.3, 0.4) is 0 Å². The SMILES string of the molecule is CC1CCC(C2CC(=O)c3cc(F)ccc3O2)CC1. The number of hydrogen-bond acceptors (Lipinski definition) is 2. The number of Topliss-reactive ketones (excluding diaryl/α,β-unsaturated/α-hetero) is 1. The van der Waals surface area contributed by atoms with Gasteiger partial charge in [0.1, 0.15) is 17.7 Å². The molecule has 2 aliphatic rings. The summed E-state index contributed by atoms with van der Waals surface area (Å²) in [6, 6.07) is 4.23. The molecule has 1 aliphatic carbocycles. The Balaban J connectivity index is 1.77. The quantitative estimate of drug-likeness (QED) is 0.765. The van der Waals surface area contributed by atoms with Crippen LogP contribution in [0, 0.1) is 17.7 Å². The number of fused-ring (bicyclic) bond motifs is 1. The van der Waals surface area contributed by atoms with E-state index in [0.29, 0.717) is 23.7 Å². The van der Waals surface area contributed by atoms with E-state index in [1.54, 1.807) is 6.07 Å². The lowest BCUT2D eigenvalue weighted by Gasteiger charge is -2.35. The fourth-order valence-corrected chi connectivity index (χ4v) is 3.24. The van der Waals surface area contributed by atoms with E-state index in [1.807, 2.05) is 0 Å². The highest BCUT2D eigenvalue weighted by Gasteiger charge is 2.34. The van der Waals surface area contributed by atoms with Gasteiger partial charge in [-0.05, 0) is 42.9 Å². The van der Waals surface area contributed by atoms with Crippen molar-refractivity contribution in [2.75, 3.05) is 0 Å². The molecule has 0 bridgehead atoms. The van der Waals surface area contributed by atoms with Gasteiger partial charge < -0.3 is 4.74 Å². The molecule has 0 aromatic heterocycles. The Bertz CT molecular complexity index is 490. The first-order chi connectivity index (χ1) is 9.13. The number of ketones is 1. The van der Waals surface area contributed by atoms with Gasteiger partial charge in [0, 0.05) is 6.42 Å². The highest BCUT2D eigenvalue weighted by atomic mass is 19.1. The van der Waals surface area contributed by atoms with E-state index in [0.717, 1.165) is 18.8 Å². The average Bonchev–Trinajstić information content (AvgIpc) is 2.40. The Labute approximate surface area is 113 Å². The number of carbonyl (C=O) groups is 1. The second kappa shape index (κ2) is 4.95. The first-order valence-corrected chi connectivity index (χ1v) is 7.13. The summed E-state index contributed by atoms with van der Waals surface area (Å²) in [4.78, 5) is 12.1. The zero-order chi connectivity index (χ0) is 13.4. The zero-order valence-corrected chi connectivity index (χ0v) is 11.2. The standard InChI is InChI=1S/C16H19FO2/c1-10-2-4-11(5-3-10)16-9-14(18)13-8-12(17)6-7-15(13)19-16/h6-8,10-11,16H,2-5,9H2,1H3. The second-order valence-corrected chi connectivity index (χ2v) is 5.94. The van der Waals surface area contributed by atoms with Crippen LogP contribution in [-0.2, 0) is 0 Å². The van der Waals surface area contributed by atoms with Crippen LogP contribution in [0.1, 0.15) is 49.4 Å². The highest BCUT2D eigenvalue weighted by molar-refractivity contribution is 5.99. The van der Waals surface area contributed by atoms with E-state index in [-0.39, 0.29) is 17.7 Å². The Morgan fingerprint density at radius 2 is 1.95 bits per heavy atom. The lowest BCUT2D eigenvalue weighted by atomic mass is 9.78. The second-order valence-electron chi connectivity index (χ2n) is 5.94. The van der Waals surface area contributed by atoms with Crippen molar-refractivity contribution in [3.05, 3.63) is 29.6 Å². The molecule has 1 unspecified atom stereocenters. The van der Waals surface area contributed by atoms with Crippen molar-refractivity contribution < 1.29 is 13.9 Å². The molecular formula is C16H19FO2. The average molecular weight is 262 g/mol. The van der Waals surface area contributed by atoms with Crippen LogP contribution in [0.5, 0.6) is 5.75 Å². The van der Waals surface area contributed by atoms with Gasteiger partial charge in [0.15, 0.2) is 5.78 Å². The van der Waals surface area contributed by atoms with Crippen LogP contribution in [0.2, 0.25) is 0 Å². The van der Waals surface area contributed by atoms with Gasteiger partial charge in [-0.1, -0.05) is 19.8 Å². The third-order valence-corrected chi connectivity index (χ3v) is 4.49. The number of carbonyl (C=O) groups excluding carboxylic acids is 1. The molecule has 19 heavy (non-hydrogen) atoms. The zero-order valence-electron chi connectivity index (χ0n) is 11.2. The Hall–Kier alpha value is -1.38. The maximum absolute atomic E-state index is 13.2. The van der Waals surface area contributed by atoms with Gasteiger partial charge >= 0.3 is 0 Å². The molecule has 1 atom stereocenters. The Morgan fingerprint density at radius 1 is 1.21 bits per heavy atom. The van der Waals surface area contributed by atoms with Gasteiger partial charge in [-0.25, -0.2) is 4.39 Å². The van der Waals surface area contributed by atoms with Gasteiger partial charge in [0.05, 0.1) is 5.56 Å². The lowest BCUT2D eigenvalue weighted by Crippen LogP contribution is -2.35. The molecule has 2 nitrogen and oxygen atoms in total. The van der Waals surface area contributed by atoms with Gasteiger partial charge in [0.25, 0.3) is 0 Å². The normalized spacial score (nSPS) is 30.6. The van der Waals surface area contributed by atoms with E-state index in [2.05, 4.69) is 6.92 Å². The number of benzene rings is 1. The van der Waals surface area contributed by atoms with E-state index < -0.39 is 0 Å². The monoisotopic (exact) mass is 262 g/mol. The van der Waals surface area contributed by atoms with E-state index in [9.17, 15) is 9.18 Å². The minimum Gasteiger partial charge on any atom is -0.489 e. The third-order valence-electron chi connectivity index (χ3n) is 4.49. The van der Waals surface area contributed by atoms with Crippen LogP contribution in [0.25, 0.3) is 0 Å². The smallest absolute Gasteiger partial charge is 0.170 e. The summed E-state index contributed by atoms with van der Waals surface area (Å²) in [7, 11) is 0. The van der Waals surface area contributed by atoms with E-state index in [1.165, 1.54) is 25.0 Å². The fraction of sp³-hybridized carbons (Fsp3) is 0.562. The molecule has 1 aromatic carbocycles. The molecule has 3 heteroatoms. The summed E-state index contributed by atoms with van der Waals surface area (Å²) in [5.41, 5.74) is 0.403. The largest absolute Gasteiger partial charge is 0.489 e. The van der Waals surface area contributed by atoms with Crippen molar-refractivity contribution in [1.82, 2.24) is 0 Å². The van der Waals surface area contributed by atoms with Crippen molar-refractivity contribution in [3.8, 4) is 5.75 Å². The van der Waals surface area contributed by atoms with Crippen molar-refractivity contribution in [1.29, 1.82) is 0 Å². The van der Waals surface area contributed by atoms with Gasteiger partial charge in [-0.2, -0.15) is 0 Å². The number of hydrogen-bond donors (Lipinski definition) is 0. The van der Waals surface area contributed by atoms with Crippen molar-refractivity contribution in [2.24, 2.45) is 11.8 Å². The summed E-state index contributed by atoms with van der Waals surface area (Å²) in [5, 5.41) is 0. The Morgan fingerprint density at radius 3 is 2.68 bits per heavy atom. The number of rotatable bonds is 1. The third kappa shape index (κ3) is 2.51. The van der Waals surface area contributed by atoms with Crippen LogP contribution in [0.4, 0.5) is 4.39 Å². The fourth-order valence-electron chi connectivity index (χ4n) is 3.24. The van der Waals surface area contributed by atoms with Crippen molar-refractivity contribution >= 4 is 5.78 Å². The van der Waals surface area contributed by atoms with Crippen LogP contribution in [-0.4, -0.2) is 11.9 Å². The molecule has 1 heterocycles. The maximum atomic E-state index is 13.2. The molecule has 3 rings (SSSR count). The van der Waals surface area contributed by atoms with Gasteiger partial charge in [-0.15, -0.1) is 0 Å². The first-order valence-electron chi connectivity index (χ1n) is 7.13. The predicted molar refractivity (Wildman–Crippen MR) is 70.9 cm³/mol. The van der Waals surface area contributed by atoms with Gasteiger partial charge in [-0.3, -0.25) is 4.79 Å². The molecule has 0 saturated heterocycles.